The Balaban J connectivity index is 2.58. The number of hydrogen-bond donors (Lipinski definition) is 2. The number of urea groups is 1. The Morgan fingerprint density at radius 2 is 2.17 bits per heavy atom. The lowest BCUT2D eigenvalue weighted by Crippen LogP contribution is -2.44. The molecule has 0 bridgehead atoms. The zero-order valence-corrected chi connectivity index (χ0v) is 12.0. The molecule has 1 atom stereocenters. The van der Waals surface area contributed by atoms with Gasteiger partial charge in [0.15, 0.2) is 0 Å². The van der Waals surface area contributed by atoms with Gasteiger partial charge >= 0.3 is 12.0 Å². The highest BCUT2D eigenvalue weighted by atomic mass is 32.2. The molecule has 0 aromatic rings. The fourth-order valence-corrected chi connectivity index (χ4v) is 2.58. The summed E-state index contributed by atoms with van der Waals surface area (Å²) in [6, 6.07) is -0.146. The Morgan fingerprint density at radius 1 is 1.50 bits per heavy atom. The van der Waals surface area contributed by atoms with E-state index in [-0.39, 0.29) is 11.9 Å². The van der Waals surface area contributed by atoms with Crippen LogP contribution in [0.2, 0.25) is 0 Å². The number of likely N-dealkylation sites (tertiary alicyclic amines) is 1. The van der Waals surface area contributed by atoms with Crippen LogP contribution in [0.15, 0.2) is 0 Å². The van der Waals surface area contributed by atoms with Crippen molar-refractivity contribution in [1.29, 1.82) is 0 Å². The molecule has 1 aliphatic heterocycles. The van der Waals surface area contributed by atoms with E-state index in [1.54, 1.807) is 16.7 Å². The van der Waals surface area contributed by atoms with Crippen molar-refractivity contribution in [2.45, 2.75) is 20.3 Å². The number of thioether (sulfide) groups is 1. The zero-order valence-electron chi connectivity index (χ0n) is 11.2. The number of carbonyl (C=O) groups is 2. The molecule has 5 nitrogen and oxygen atoms in total. The number of carbonyl (C=O) groups excluding carboxylic acids is 1. The second-order valence-electron chi connectivity index (χ2n) is 5.01. The van der Waals surface area contributed by atoms with Gasteiger partial charge in [-0.2, -0.15) is 11.8 Å². The van der Waals surface area contributed by atoms with Crippen LogP contribution in [-0.4, -0.2) is 53.6 Å². The minimum absolute atomic E-state index is 0.0268. The second kappa shape index (κ2) is 6.31. The van der Waals surface area contributed by atoms with E-state index in [9.17, 15) is 14.7 Å². The van der Waals surface area contributed by atoms with Crippen LogP contribution in [0, 0.1) is 11.3 Å². The third-order valence-corrected chi connectivity index (χ3v) is 4.31. The molecule has 6 heteroatoms. The van der Waals surface area contributed by atoms with Crippen LogP contribution >= 0.6 is 11.8 Å². The molecule has 2 amide bonds. The van der Waals surface area contributed by atoms with E-state index in [1.165, 1.54) is 0 Å². The van der Waals surface area contributed by atoms with Crippen molar-refractivity contribution >= 4 is 23.8 Å². The molecule has 0 aromatic heterocycles. The van der Waals surface area contributed by atoms with Gasteiger partial charge in [-0.1, -0.05) is 13.8 Å². The SMILES string of the molecule is CSCCNC(=O)N1CCC(C(=O)O)(C(C)C)C1. The molecule has 0 radical (unpaired) electrons. The van der Waals surface area contributed by atoms with E-state index in [0.29, 0.717) is 26.1 Å². The predicted molar refractivity (Wildman–Crippen MR) is 72.9 cm³/mol. The minimum atomic E-state index is -0.795. The molecular formula is C12H22N2O3S. The van der Waals surface area contributed by atoms with Crippen molar-refractivity contribution in [1.82, 2.24) is 10.2 Å². The maximum Gasteiger partial charge on any atom is 0.317 e. The van der Waals surface area contributed by atoms with Crippen molar-refractivity contribution in [3.8, 4) is 0 Å². The Labute approximate surface area is 112 Å². The lowest BCUT2D eigenvalue weighted by molar-refractivity contribution is -0.150. The summed E-state index contributed by atoms with van der Waals surface area (Å²) in [5.41, 5.74) is -0.781. The highest BCUT2D eigenvalue weighted by Gasteiger charge is 2.48. The molecule has 0 saturated carbocycles. The van der Waals surface area contributed by atoms with E-state index < -0.39 is 11.4 Å². The summed E-state index contributed by atoms with van der Waals surface area (Å²) in [5.74, 6) is 0.101. The average molecular weight is 274 g/mol. The van der Waals surface area contributed by atoms with E-state index >= 15 is 0 Å². The molecule has 1 fully saturated rings. The third kappa shape index (κ3) is 3.10. The van der Waals surface area contributed by atoms with Gasteiger partial charge in [-0.25, -0.2) is 4.79 Å². The first-order valence-electron chi connectivity index (χ1n) is 6.19. The maximum atomic E-state index is 11.9. The number of hydrogen-bond acceptors (Lipinski definition) is 3. The van der Waals surface area contributed by atoms with Gasteiger partial charge < -0.3 is 15.3 Å². The number of carboxylic acids is 1. The number of nitrogens with zero attached hydrogens (tertiary/aromatic N) is 1. The smallest absolute Gasteiger partial charge is 0.317 e. The van der Waals surface area contributed by atoms with E-state index in [1.807, 2.05) is 20.1 Å². The number of nitrogens with one attached hydrogen (secondary N) is 1. The molecule has 1 saturated heterocycles. The highest BCUT2D eigenvalue weighted by molar-refractivity contribution is 7.98. The number of carboxylic acid groups (broad SMARTS) is 1. The third-order valence-electron chi connectivity index (χ3n) is 3.70. The fraction of sp³-hybridized carbons (Fsp3) is 0.833. The molecule has 0 aromatic carbocycles. The van der Waals surface area contributed by atoms with Gasteiger partial charge in [0.2, 0.25) is 0 Å². The van der Waals surface area contributed by atoms with Crippen molar-refractivity contribution < 1.29 is 14.7 Å². The molecule has 0 spiro atoms. The first kappa shape index (κ1) is 15.1. The molecule has 1 aliphatic rings. The van der Waals surface area contributed by atoms with Crippen LogP contribution < -0.4 is 5.32 Å². The lowest BCUT2D eigenvalue weighted by Gasteiger charge is -2.28. The Morgan fingerprint density at radius 3 is 2.61 bits per heavy atom. The topological polar surface area (TPSA) is 69.6 Å². The summed E-state index contributed by atoms with van der Waals surface area (Å²) in [6.45, 7) is 5.27. The van der Waals surface area contributed by atoms with Crippen LogP contribution in [0.4, 0.5) is 4.79 Å². The predicted octanol–water partition coefficient (Wildman–Crippen LogP) is 1.49. The van der Waals surface area contributed by atoms with Crippen LogP contribution in [0.25, 0.3) is 0 Å². The van der Waals surface area contributed by atoms with Gasteiger partial charge in [-0.05, 0) is 18.6 Å². The van der Waals surface area contributed by atoms with E-state index in [0.717, 1.165) is 5.75 Å². The standard InChI is InChI=1S/C12H22N2O3S/c1-9(2)12(10(15)16)4-6-14(8-12)11(17)13-5-7-18-3/h9H,4-8H2,1-3H3,(H,13,17)(H,15,16). The molecule has 18 heavy (non-hydrogen) atoms. The van der Waals surface area contributed by atoms with Gasteiger partial charge in [0.25, 0.3) is 0 Å². The maximum absolute atomic E-state index is 11.9. The minimum Gasteiger partial charge on any atom is -0.481 e. The van der Waals surface area contributed by atoms with Crippen LogP contribution in [0.5, 0.6) is 0 Å². The van der Waals surface area contributed by atoms with Crippen molar-refractivity contribution in [2.75, 3.05) is 31.6 Å². The average Bonchev–Trinajstić information content (AvgIpc) is 2.75. The molecule has 0 aliphatic carbocycles. The summed E-state index contributed by atoms with van der Waals surface area (Å²) >= 11 is 1.67. The lowest BCUT2D eigenvalue weighted by atomic mass is 9.76. The number of aliphatic carboxylic acids is 1. The quantitative estimate of drug-likeness (QED) is 0.745. The molecule has 1 rings (SSSR count). The van der Waals surface area contributed by atoms with Gasteiger partial charge in [-0.15, -0.1) is 0 Å². The summed E-state index contributed by atoms with van der Waals surface area (Å²) in [4.78, 5) is 24.9. The summed E-state index contributed by atoms with van der Waals surface area (Å²) in [7, 11) is 0. The monoisotopic (exact) mass is 274 g/mol. The fourth-order valence-electron chi connectivity index (χ4n) is 2.27. The van der Waals surface area contributed by atoms with Crippen LogP contribution in [-0.2, 0) is 4.79 Å². The van der Waals surface area contributed by atoms with E-state index in [4.69, 9.17) is 0 Å². The second-order valence-corrected chi connectivity index (χ2v) is 6.00. The Kier molecular flexibility index (Phi) is 5.31. The van der Waals surface area contributed by atoms with Gasteiger partial charge in [0.1, 0.15) is 0 Å². The molecule has 2 N–H and O–H groups in total. The number of amides is 2. The molecular weight excluding hydrogens is 252 g/mol. The van der Waals surface area contributed by atoms with Crippen molar-refractivity contribution in [3.05, 3.63) is 0 Å². The van der Waals surface area contributed by atoms with Crippen molar-refractivity contribution in [3.63, 3.8) is 0 Å². The van der Waals surface area contributed by atoms with Crippen molar-refractivity contribution in [2.24, 2.45) is 11.3 Å². The highest BCUT2D eigenvalue weighted by Crippen LogP contribution is 2.38. The van der Waals surface area contributed by atoms with Gasteiger partial charge in [-0.3, -0.25) is 4.79 Å². The van der Waals surface area contributed by atoms with Gasteiger partial charge in [0, 0.05) is 25.4 Å². The van der Waals surface area contributed by atoms with Crippen LogP contribution in [0.3, 0.4) is 0 Å². The first-order valence-corrected chi connectivity index (χ1v) is 7.58. The summed E-state index contributed by atoms with van der Waals surface area (Å²) in [6.07, 6.45) is 2.52. The van der Waals surface area contributed by atoms with Gasteiger partial charge in [0.05, 0.1) is 5.41 Å². The number of rotatable bonds is 5. The molecule has 104 valence electrons. The summed E-state index contributed by atoms with van der Waals surface area (Å²) < 4.78 is 0. The van der Waals surface area contributed by atoms with Crippen LogP contribution in [0.1, 0.15) is 20.3 Å². The normalized spacial score (nSPS) is 23.4. The molecule has 1 unspecified atom stereocenters. The largest absolute Gasteiger partial charge is 0.481 e. The molecule has 1 heterocycles. The van der Waals surface area contributed by atoms with E-state index in [2.05, 4.69) is 5.32 Å². The first-order chi connectivity index (χ1) is 8.44. The Hall–Kier alpha value is -0.910. The zero-order chi connectivity index (χ0) is 13.8. The Bertz CT molecular complexity index is 322. The summed E-state index contributed by atoms with van der Waals surface area (Å²) in [5, 5.41) is 12.2.